The number of ether oxygens (including phenoxy) is 1. The lowest BCUT2D eigenvalue weighted by atomic mass is 9.97. The van der Waals surface area contributed by atoms with Gasteiger partial charge in [-0.2, -0.15) is 0 Å². The Morgan fingerprint density at radius 3 is 2.08 bits per heavy atom. The zero-order valence-corrected chi connectivity index (χ0v) is 9.05. The van der Waals surface area contributed by atoms with Crippen LogP contribution in [0.3, 0.4) is 0 Å². The summed E-state index contributed by atoms with van der Waals surface area (Å²) in [5.41, 5.74) is 0. The van der Waals surface area contributed by atoms with Gasteiger partial charge in [-0.15, -0.1) is 0 Å². The predicted octanol–water partition coefficient (Wildman–Crippen LogP) is 2.05. The van der Waals surface area contributed by atoms with E-state index in [0.717, 1.165) is 13.0 Å². The van der Waals surface area contributed by atoms with Crippen LogP contribution in [0.5, 0.6) is 0 Å². The molecule has 2 heteroatoms. The molecule has 12 heavy (non-hydrogen) atoms. The van der Waals surface area contributed by atoms with E-state index < -0.39 is 0 Å². The third-order valence-corrected chi connectivity index (χ3v) is 2.26. The molecule has 0 saturated heterocycles. The Morgan fingerprint density at radius 2 is 1.83 bits per heavy atom. The van der Waals surface area contributed by atoms with E-state index in [4.69, 9.17) is 4.74 Å². The number of methoxy groups -OCH3 is 1. The quantitative estimate of drug-likeness (QED) is 0.663. The molecule has 0 aliphatic heterocycles. The smallest absolute Gasteiger partial charge is 0.0724 e. The van der Waals surface area contributed by atoms with Gasteiger partial charge in [0.05, 0.1) is 6.10 Å². The van der Waals surface area contributed by atoms with Gasteiger partial charge in [-0.1, -0.05) is 27.7 Å². The summed E-state index contributed by atoms with van der Waals surface area (Å²) in [6.07, 6.45) is 1.43. The van der Waals surface area contributed by atoms with Gasteiger partial charge < -0.3 is 10.1 Å². The highest BCUT2D eigenvalue weighted by Gasteiger charge is 2.21. The number of nitrogens with one attached hydrogen (secondary N) is 1. The molecule has 0 aromatic rings. The van der Waals surface area contributed by atoms with Crippen LogP contribution in [0.25, 0.3) is 0 Å². The van der Waals surface area contributed by atoms with Crippen molar-refractivity contribution >= 4 is 0 Å². The molecule has 74 valence electrons. The molecule has 0 saturated carbocycles. The molecule has 2 nitrogen and oxygen atoms in total. The minimum atomic E-state index is 0.352. The summed E-state index contributed by atoms with van der Waals surface area (Å²) in [5.74, 6) is 0.634. The lowest BCUT2D eigenvalue weighted by molar-refractivity contribution is 0.0507. The topological polar surface area (TPSA) is 21.3 Å². The van der Waals surface area contributed by atoms with Crippen LogP contribution in [-0.4, -0.2) is 25.8 Å². The molecular weight excluding hydrogens is 150 g/mol. The van der Waals surface area contributed by atoms with Crippen LogP contribution < -0.4 is 5.32 Å². The number of hydrogen-bond donors (Lipinski definition) is 1. The van der Waals surface area contributed by atoms with Crippen LogP contribution in [0, 0.1) is 5.92 Å². The summed E-state index contributed by atoms with van der Waals surface area (Å²) < 4.78 is 5.41. The van der Waals surface area contributed by atoms with Crippen molar-refractivity contribution in [3.8, 4) is 0 Å². The Bertz CT molecular complexity index is 100. The lowest BCUT2D eigenvalue weighted by Gasteiger charge is -2.29. The minimum absolute atomic E-state index is 0.352. The van der Waals surface area contributed by atoms with Crippen molar-refractivity contribution in [2.75, 3.05) is 13.7 Å². The van der Waals surface area contributed by atoms with Crippen molar-refractivity contribution < 1.29 is 4.74 Å². The van der Waals surface area contributed by atoms with Crippen LogP contribution in [0.15, 0.2) is 0 Å². The molecule has 0 amide bonds. The molecule has 0 rings (SSSR count). The maximum atomic E-state index is 5.41. The Kier molecular flexibility index (Phi) is 6.39. The van der Waals surface area contributed by atoms with Crippen molar-refractivity contribution in [1.82, 2.24) is 5.32 Å². The van der Waals surface area contributed by atoms with E-state index in [1.54, 1.807) is 7.11 Å². The van der Waals surface area contributed by atoms with Crippen molar-refractivity contribution in [2.45, 2.75) is 46.3 Å². The van der Waals surface area contributed by atoms with Crippen molar-refractivity contribution in [3.63, 3.8) is 0 Å². The van der Waals surface area contributed by atoms with Crippen LogP contribution in [-0.2, 0) is 4.74 Å². The molecule has 0 aromatic heterocycles. The molecule has 0 radical (unpaired) electrons. The fourth-order valence-electron chi connectivity index (χ4n) is 1.60. The first-order valence-electron chi connectivity index (χ1n) is 4.93. The fourth-order valence-corrected chi connectivity index (χ4v) is 1.60. The Balaban J connectivity index is 4.05. The molecule has 0 aliphatic carbocycles. The average Bonchev–Trinajstić information content (AvgIpc) is 2.05. The molecule has 0 spiro atoms. The standard InChI is InChI=1S/C10H23NO/c1-6-9(12-5)10(8(3)4)11-7-2/h8-11H,6-7H2,1-5H3. The number of likely N-dealkylation sites (N-methyl/N-ethyl adjacent to an activating group) is 1. The maximum absolute atomic E-state index is 5.41. The van der Waals surface area contributed by atoms with Gasteiger partial charge in [0, 0.05) is 13.2 Å². The minimum Gasteiger partial charge on any atom is -0.380 e. The molecule has 2 unspecified atom stereocenters. The van der Waals surface area contributed by atoms with E-state index >= 15 is 0 Å². The van der Waals surface area contributed by atoms with Gasteiger partial charge >= 0.3 is 0 Å². The van der Waals surface area contributed by atoms with Gasteiger partial charge in [-0.05, 0) is 18.9 Å². The predicted molar refractivity (Wildman–Crippen MR) is 53.4 cm³/mol. The molecule has 0 aliphatic rings. The van der Waals surface area contributed by atoms with Gasteiger partial charge in [0.2, 0.25) is 0 Å². The summed E-state index contributed by atoms with van der Waals surface area (Å²) in [6.45, 7) is 9.78. The molecule has 0 aromatic carbocycles. The van der Waals surface area contributed by atoms with Crippen molar-refractivity contribution in [3.05, 3.63) is 0 Å². The first kappa shape index (κ1) is 11.9. The van der Waals surface area contributed by atoms with Crippen molar-refractivity contribution in [1.29, 1.82) is 0 Å². The van der Waals surface area contributed by atoms with E-state index in [2.05, 4.69) is 33.0 Å². The highest BCUT2D eigenvalue weighted by Crippen LogP contribution is 2.11. The van der Waals surface area contributed by atoms with Crippen LogP contribution in [0.2, 0.25) is 0 Å². The Labute approximate surface area is 76.7 Å². The van der Waals surface area contributed by atoms with Gasteiger partial charge in [0.25, 0.3) is 0 Å². The van der Waals surface area contributed by atoms with Gasteiger partial charge in [0.1, 0.15) is 0 Å². The third-order valence-electron chi connectivity index (χ3n) is 2.26. The summed E-state index contributed by atoms with van der Waals surface area (Å²) in [5, 5.41) is 3.46. The average molecular weight is 173 g/mol. The highest BCUT2D eigenvalue weighted by molar-refractivity contribution is 4.78. The molecular formula is C10H23NO. The molecule has 1 N–H and O–H groups in total. The Morgan fingerprint density at radius 1 is 1.25 bits per heavy atom. The van der Waals surface area contributed by atoms with Crippen LogP contribution in [0.4, 0.5) is 0 Å². The van der Waals surface area contributed by atoms with Crippen molar-refractivity contribution in [2.24, 2.45) is 5.92 Å². The summed E-state index contributed by atoms with van der Waals surface area (Å²) >= 11 is 0. The molecule has 2 atom stereocenters. The second-order valence-electron chi connectivity index (χ2n) is 3.51. The normalized spacial score (nSPS) is 16.5. The number of hydrogen-bond acceptors (Lipinski definition) is 2. The summed E-state index contributed by atoms with van der Waals surface area (Å²) in [6, 6.07) is 0.491. The van der Waals surface area contributed by atoms with Crippen LogP contribution >= 0.6 is 0 Å². The van der Waals surface area contributed by atoms with Gasteiger partial charge in [0.15, 0.2) is 0 Å². The zero-order chi connectivity index (χ0) is 9.56. The van der Waals surface area contributed by atoms with E-state index in [-0.39, 0.29) is 0 Å². The largest absolute Gasteiger partial charge is 0.380 e. The van der Waals surface area contributed by atoms with E-state index in [0.29, 0.717) is 18.1 Å². The van der Waals surface area contributed by atoms with Gasteiger partial charge in [-0.3, -0.25) is 0 Å². The monoisotopic (exact) mass is 173 g/mol. The van der Waals surface area contributed by atoms with E-state index in [1.165, 1.54) is 0 Å². The molecule has 0 heterocycles. The molecule has 0 bridgehead atoms. The number of rotatable bonds is 6. The summed E-state index contributed by atoms with van der Waals surface area (Å²) in [7, 11) is 1.79. The van der Waals surface area contributed by atoms with E-state index in [9.17, 15) is 0 Å². The maximum Gasteiger partial charge on any atom is 0.0724 e. The summed E-state index contributed by atoms with van der Waals surface area (Å²) in [4.78, 5) is 0. The first-order valence-corrected chi connectivity index (χ1v) is 4.93. The van der Waals surface area contributed by atoms with Gasteiger partial charge in [-0.25, -0.2) is 0 Å². The lowest BCUT2D eigenvalue weighted by Crippen LogP contribution is -2.44. The SMILES string of the molecule is CCNC(C(C)C)C(CC)OC. The third kappa shape index (κ3) is 3.55. The van der Waals surface area contributed by atoms with Crippen LogP contribution in [0.1, 0.15) is 34.1 Å². The highest BCUT2D eigenvalue weighted by atomic mass is 16.5. The second kappa shape index (κ2) is 6.44. The molecule has 0 fully saturated rings. The second-order valence-corrected chi connectivity index (χ2v) is 3.51. The zero-order valence-electron chi connectivity index (χ0n) is 9.05. The first-order chi connectivity index (χ1) is 5.67. The Hall–Kier alpha value is -0.0800. The van der Waals surface area contributed by atoms with E-state index in [1.807, 2.05) is 0 Å². The fraction of sp³-hybridized carbons (Fsp3) is 1.00.